The molecular formula is C24H27F3N4O. The molecule has 0 bridgehead atoms. The number of rotatable bonds is 5. The fraction of sp³-hybridized carbons (Fsp3) is 0.417. The van der Waals surface area contributed by atoms with Crippen LogP contribution in [-0.2, 0) is 17.4 Å². The maximum absolute atomic E-state index is 13.0. The van der Waals surface area contributed by atoms with Crippen molar-refractivity contribution in [3.8, 4) is 0 Å². The number of hydrogen-bond acceptors (Lipinski definition) is 3. The summed E-state index contributed by atoms with van der Waals surface area (Å²) in [4.78, 5) is 19.0. The van der Waals surface area contributed by atoms with Crippen molar-refractivity contribution in [1.29, 1.82) is 0 Å². The van der Waals surface area contributed by atoms with E-state index in [4.69, 9.17) is 0 Å². The molecule has 0 atom stereocenters. The maximum Gasteiger partial charge on any atom is 0.416 e. The van der Waals surface area contributed by atoms with Gasteiger partial charge >= 0.3 is 6.18 Å². The number of halogens is 3. The molecule has 1 saturated heterocycles. The first-order chi connectivity index (χ1) is 15.3. The molecule has 1 fully saturated rings. The standard InChI is InChI=1S/C24H27F3N4O/c1-3-17-6-4-5-7-20(17)29-23(32)15-30-12-10-19(11-13-30)31-16(2)28-21-14-18(24(25,26)27)8-9-22(21)31/h4-9,14,19H,3,10-13,15H2,1-2H3,(H,29,32). The van der Waals surface area contributed by atoms with Gasteiger partial charge in [0.25, 0.3) is 0 Å². The molecule has 5 nitrogen and oxygen atoms in total. The zero-order valence-electron chi connectivity index (χ0n) is 18.2. The second-order valence-corrected chi connectivity index (χ2v) is 8.30. The lowest BCUT2D eigenvalue weighted by Gasteiger charge is -2.33. The van der Waals surface area contributed by atoms with E-state index in [0.717, 1.165) is 61.3 Å². The van der Waals surface area contributed by atoms with Crippen LogP contribution in [0.15, 0.2) is 42.5 Å². The van der Waals surface area contributed by atoms with E-state index in [0.29, 0.717) is 17.9 Å². The van der Waals surface area contributed by atoms with E-state index >= 15 is 0 Å². The van der Waals surface area contributed by atoms with Crippen LogP contribution in [0.4, 0.5) is 18.9 Å². The molecule has 3 aromatic rings. The fourth-order valence-corrected chi connectivity index (χ4v) is 4.54. The van der Waals surface area contributed by atoms with Crippen LogP contribution < -0.4 is 5.32 Å². The molecule has 2 aromatic carbocycles. The highest BCUT2D eigenvalue weighted by molar-refractivity contribution is 5.93. The molecule has 0 spiro atoms. The highest BCUT2D eigenvalue weighted by Gasteiger charge is 2.31. The van der Waals surface area contributed by atoms with Crippen molar-refractivity contribution in [3.05, 3.63) is 59.4 Å². The molecule has 0 saturated carbocycles. The Hall–Kier alpha value is -2.87. The van der Waals surface area contributed by atoms with E-state index in [1.54, 1.807) is 0 Å². The van der Waals surface area contributed by atoms with Crippen LogP contribution in [0.3, 0.4) is 0 Å². The van der Waals surface area contributed by atoms with Gasteiger partial charge in [-0.05, 0) is 56.0 Å². The summed E-state index contributed by atoms with van der Waals surface area (Å²) in [5.41, 5.74) is 2.38. The number of carbonyl (C=O) groups excluding carboxylic acids is 1. The summed E-state index contributed by atoms with van der Waals surface area (Å²) in [6.45, 7) is 5.70. The van der Waals surface area contributed by atoms with E-state index in [1.165, 1.54) is 6.07 Å². The number of alkyl halides is 3. The quantitative estimate of drug-likeness (QED) is 0.588. The predicted molar refractivity (Wildman–Crippen MR) is 119 cm³/mol. The second-order valence-electron chi connectivity index (χ2n) is 8.30. The number of imidazole rings is 1. The minimum absolute atomic E-state index is 0.0340. The van der Waals surface area contributed by atoms with Crippen molar-refractivity contribution in [2.24, 2.45) is 0 Å². The highest BCUT2D eigenvalue weighted by atomic mass is 19.4. The summed E-state index contributed by atoms with van der Waals surface area (Å²) < 4.78 is 41.1. The van der Waals surface area contributed by atoms with Crippen LogP contribution in [0, 0.1) is 6.92 Å². The second kappa shape index (κ2) is 8.94. The molecule has 1 amide bonds. The van der Waals surface area contributed by atoms with Crippen LogP contribution >= 0.6 is 0 Å². The first-order valence-electron chi connectivity index (χ1n) is 10.9. The monoisotopic (exact) mass is 444 g/mol. The first kappa shape index (κ1) is 22.3. The van der Waals surface area contributed by atoms with Gasteiger partial charge in [-0.25, -0.2) is 4.98 Å². The Morgan fingerprint density at radius 1 is 1.16 bits per heavy atom. The minimum atomic E-state index is -4.38. The Kier molecular flexibility index (Phi) is 6.24. The average molecular weight is 445 g/mol. The topological polar surface area (TPSA) is 50.2 Å². The van der Waals surface area contributed by atoms with Crippen molar-refractivity contribution < 1.29 is 18.0 Å². The van der Waals surface area contributed by atoms with Crippen LogP contribution in [0.25, 0.3) is 11.0 Å². The Morgan fingerprint density at radius 2 is 1.88 bits per heavy atom. The highest BCUT2D eigenvalue weighted by Crippen LogP contribution is 2.34. The number of nitrogens with zero attached hydrogens (tertiary/aromatic N) is 3. The summed E-state index contributed by atoms with van der Waals surface area (Å²) in [5, 5.41) is 3.01. The van der Waals surface area contributed by atoms with Gasteiger partial charge in [-0.1, -0.05) is 25.1 Å². The van der Waals surface area contributed by atoms with Gasteiger partial charge in [0.05, 0.1) is 23.1 Å². The predicted octanol–water partition coefficient (Wildman–Crippen LogP) is 5.20. The Balaban J connectivity index is 1.40. The van der Waals surface area contributed by atoms with Crippen molar-refractivity contribution in [2.75, 3.05) is 25.0 Å². The normalized spacial score (nSPS) is 15.9. The summed E-state index contributed by atoms with van der Waals surface area (Å²) >= 11 is 0. The van der Waals surface area contributed by atoms with Gasteiger partial charge in [0, 0.05) is 24.8 Å². The summed E-state index contributed by atoms with van der Waals surface area (Å²) in [5.74, 6) is 0.681. The number of carbonyl (C=O) groups is 1. The Morgan fingerprint density at radius 3 is 2.56 bits per heavy atom. The molecule has 1 aromatic heterocycles. The third kappa shape index (κ3) is 4.65. The molecule has 4 rings (SSSR count). The van der Waals surface area contributed by atoms with Crippen molar-refractivity contribution in [3.63, 3.8) is 0 Å². The number of amides is 1. The van der Waals surface area contributed by atoms with Crippen molar-refractivity contribution in [2.45, 2.75) is 45.3 Å². The number of piperidine rings is 1. The zero-order chi connectivity index (χ0) is 22.9. The molecule has 32 heavy (non-hydrogen) atoms. The van der Waals surface area contributed by atoms with Gasteiger partial charge in [-0.15, -0.1) is 0 Å². The number of hydrogen-bond donors (Lipinski definition) is 1. The zero-order valence-corrected chi connectivity index (χ0v) is 18.2. The molecule has 2 heterocycles. The van der Waals surface area contributed by atoms with E-state index in [1.807, 2.05) is 35.8 Å². The van der Waals surface area contributed by atoms with E-state index in [2.05, 4.69) is 22.1 Å². The first-order valence-corrected chi connectivity index (χ1v) is 10.9. The number of para-hydroxylation sites is 1. The van der Waals surface area contributed by atoms with Gasteiger partial charge in [-0.2, -0.15) is 13.2 Å². The third-order valence-corrected chi connectivity index (χ3v) is 6.15. The minimum Gasteiger partial charge on any atom is -0.325 e. The molecule has 8 heteroatoms. The average Bonchev–Trinajstić information content (AvgIpc) is 3.09. The van der Waals surface area contributed by atoms with Crippen LogP contribution in [0.2, 0.25) is 0 Å². The number of aromatic nitrogens is 2. The van der Waals surface area contributed by atoms with Gasteiger partial charge in [0.15, 0.2) is 0 Å². The summed E-state index contributed by atoms with van der Waals surface area (Å²) in [6, 6.07) is 11.7. The largest absolute Gasteiger partial charge is 0.416 e. The van der Waals surface area contributed by atoms with Crippen LogP contribution in [0.5, 0.6) is 0 Å². The number of benzene rings is 2. The summed E-state index contributed by atoms with van der Waals surface area (Å²) in [7, 11) is 0. The van der Waals surface area contributed by atoms with Gasteiger partial charge in [0.1, 0.15) is 5.82 Å². The van der Waals surface area contributed by atoms with Gasteiger partial charge < -0.3 is 9.88 Å². The summed E-state index contributed by atoms with van der Waals surface area (Å²) in [6.07, 6.45) is -1.90. The molecule has 1 N–H and O–H groups in total. The van der Waals surface area contributed by atoms with Crippen LogP contribution in [-0.4, -0.2) is 40.0 Å². The number of aryl methyl sites for hydroxylation is 2. The van der Waals surface area contributed by atoms with Gasteiger partial charge in [-0.3, -0.25) is 9.69 Å². The molecule has 0 radical (unpaired) electrons. The molecule has 170 valence electrons. The molecule has 0 unspecified atom stereocenters. The lowest BCUT2D eigenvalue weighted by atomic mass is 10.0. The fourth-order valence-electron chi connectivity index (χ4n) is 4.54. The molecule has 0 aliphatic carbocycles. The Bertz CT molecular complexity index is 1110. The number of anilines is 1. The molecule has 1 aliphatic rings. The van der Waals surface area contributed by atoms with E-state index in [-0.39, 0.29) is 11.9 Å². The number of likely N-dealkylation sites (tertiary alicyclic amines) is 1. The SMILES string of the molecule is CCc1ccccc1NC(=O)CN1CCC(n2c(C)nc3cc(C(F)(F)F)ccc32)CC1. The lowest BCUT2D eigenvalue weighted by molar-refractivity contribution is -0.137. The van der Waals surface area contributed by atoms with Crippen molar-refractivity contribution >= 4 is 22.6 Å². The number of nitrogens with one attached hydrogen (secondary N) is 1. The maximum atomic E-state index is 13.0. The van der Waals surface area contributed by atoms with Crippen molar-refractivity contribution in [1.82, 2.24) is 14.5 Å². The molecule has 1 aliphatic heterocycles. The van der Waals surface area contributed by atoms with Crippen LogP contribution in [0.1, 0.15) is 42.8 Å². The van der Waals surface area contributed by atoms with Gasteiger partial charge in [0.2, 0.25) is 5.91 Å². The Labute approximate surface area is 185 Å². The smallest absolute Gasteiger partial charge is 0.325 e. The third-order valence-electron chi connectivity index (χ3n) is 6.15. The number of fused-ring (bicyclic) bond motifs is 1. The van der Waals surface area contributed by atoms with E-state index in [9.17, 15) is 18.0 Å². The lowest BCUT2D eigenvalue weighted by Crippen LogP contribution is -2.39. The van der Waals surface area contributed by atoms with E-state index < -0.39 is 11.7 Å². The molecular weight excluding hydrogens is 417 g/mol.